The fourth-order valence-corrected chi connectivity index (χ4v) is 3.16. The van der Waals surface area contributed by atoms with Crippen molar-refractivity contribution in [2.24, 2.45) is 11.3 Å². The molecule has 21 heavy (non-hydrogen) atoms. The molecule has 1 saturated heterocycles. The first-order chi connectivity index (χ1) is 9.94. The molecule has 6 heteroatoms. The van der Waals surface area contributed by atoms with Crippen LogP contribution in [0.25, 0.3) is 0 Å². The average molecular weight is 298 g/mol. The van der Waals surface area contributed by atoms with Gasteiger partial charge in [0.15, 0.2) is 0 Å². The first-order valence-corrected chi connectivity index (χ1v) is 7.80. The summed E-state index contributed by atoms with van der Waals surface area (Å²) in [6.45, 7) is 5.95. The highest BCUT2D eigenvalue weighted by Gasteiger charge is 2.41. The average Bonchev–Trinajstić information content (AvgIpc) is 2.47. The molecule has 2 amide bonds. The zero-order chi connectivity index (χ0) is 15.5. The smallest absolute Gasteiger partial charge is 0.317 e. The third-order valence-electron chi connectivity index (χ3n) is 4.89. The predicted molar refractivity (Wildman–Crippen MR) is 78.1 cm³/mol. The van der Waals surface area contributed by atoms with Gasteiger partial charge in [0, 0.05) is 13.1 Å². The van der Waals surface area contributed by atoms with Gasteiger partial charge in [-0.1, -0.05) is 6.92 Å². The fourth-order valence-electron chi connectivity index (χ4n) is 3.16. The van der Waals surface area contributed by atoms with Gasteiger partial charge in [-0.3, -0.25) is 4.79 Å². The van der Waals surface area contributed by atoms with E-state index < -0.39 is 11.4 Å². The van der Waals surface area contributed by atoms with Gasteiger partial charge in [0.25, 0.3) is 0 Å². The first-order valence-electron chi connectivity index (χ1n) is 7.80. The van der Waals surface area contributed by atoms with Crippen molar-refractivity contribution in [3.05, 3.63) is 0 Å². The van der Waals surface area contributed by atoms with Crippen LogP contribution in [-0.4, -0.2) is 54.4 Å². The Hall–Kier alpha value is -1.30. The van der Waals surface area contributed by atoms with Gasteiger partial charge in [0.1, 0.15) is 0 Å². The second-order valence-corrected chi connectivity index (χ2v) is 6.54. The molecule has 2 aliphatic rings. The molecular formula is C15H26N2O4. The minimum Gasteiger partial charge on any atom is -0.481 e. The number of hydrogen-bond donors (Lipinski definition) is 2. The van der Waals surface area contributed by atoms with E-state index in [0.717, 1.165) is 12.8 Å². The summed E-state index contributed by atoms with van der Waals surface area (Å²) < 4.78 is 5.31. The molecule has 1 unspecified atom stereocenters. The molecule has 1 aliphatic heterocycles. The van der Waals surface area contributed by atoms with Crippen LogP contribution in [0.3, 0.4) is 0 Å². The number of aliphatic carboxylic acids is 1. The van der Waals surface area contributed by atoms with Crippen molar-refractivity contribution in [2.75, 3.05) is 26.3 Å². The van der Waals surface area contributed by atoms with E-state index in [0.29, 0.717) is 38.5 Å². The molecule has 0 aromatic heterocycles. The topological polar surface area (TPSA) is 78.9 Å². The first kappa shape index (κ1) is 16.1. The Kier molecular flexibility index (Phi) is 5.08. The van der Waals surface area contributed by atoms with Gasteiger partial charge in [0.2, 0.25) is 0 Å². The van der Waals surface area contributed by atoms with Gasteiger partial charge in [0.05, 0.1) is 24.7 Å². The Morgan fingerprint density at radius 1 is 1.33 bits per heavy atom. The van der Waals surface area contributed by atoms with E-state index in [9.17, 15) is 14.7 Å². The maximum absolute atomic E-state index is 12.2. The number of ether oxygens (including phenoxy) is 1. The molecule has 1 aliphatic carbocycles. The van der Waals surface area contributed by atoms with E-state index in [1.807, 2.05) is 6.92 Å². The van der Waals surface area contributed by atoms with E-state index in [4.69, 9.17) is 4.74 Å². The van der Waals surface area contributed by atoms with Crippen LogP contribution in [0.1, 0.15) is 39.5 Å². The maximum atomic E-state index is 12.2. The number of hydrogen-bond acceptors (Lipinski definition) is 3. The second-order valence-electron chi connectivity index (χ2n) is 6.54. The van der Waals surface area contributed by atoms with Crippen LogP contribution in [0.2, 0.25) is 0 Å². The van der Waals surface area contributed by atoms with Crippen LogP contribution in [0.15, 0.2) is 0 Å². The molecule has 6 nitrogen and oxygen atoms in total. The largest absolute Gasteiger partial charge is 0.481 e. The summed E-state index contributed by atoms with van der Waals surface area (Å²) in [4.78, 5) is 25.6. The molecule has 0 aromatic carbocycles. The molecule has 0 spiro atoms. The molecule has 0 radical (unpaired) electrons. The molecule has 2 fully saturated rings. The molecule has 1 atom stereocenters. The lowest BCUT2D eigenvalue weighted by atomic mass is 9.71. The van der Waals surface area contributed by atoms with Crippen molar-refractivity contribution < 1.29 is 19.4 Å². The summed E-state index contributed by atoms with van der Waals surface area (Å²) in [6, 6.07) is -0.143. The maximum Gasteiger partial charge on any atom is 0.317 e. The number of amides is 2. The fraction of sp³-hybridized carbons (Fsp3) is 0.867. The van der Waals surface area contributed by atoms with Crippen LogP contribution in [0, 0.1) is 11.3 Å². The normalized spacial score (nSPS) is 33.5. The van der Waals surface area contributed by atoms with E-state index >= 15 is 0 Å². The summed E-state index contributed by atoms with van der Waals surface area (Å²) in [5, 5.41) is 12.4. The zero-order valence-electron chi connectivity index (χ0n) is 12.9. The lowest BCUT2D eigenvalue weighted by Crippen LogP contribution is -2.54. The molecule has 1 saturated carbocycles. The number of nitrogens with one attached hydrogen (secondary N) is 1. The predicted octanol–water partition coefficient (Wildman–Crippen LogP) is 1.70. The third-order valence-corrected chi connectivity index (χ3v) is 4.89. The van der Waals surface area contributed by atoms with Crippen LogP contribution >= 0.6 is 0 Å². The Bertz CT molecular complexity index is 391. The standard InChI is InChI=1S/C15H26N2O4/c1-11-3-5-15(6-4-11,13(18)19)10-16-14(20)17-7-8-21-9-12(17)2/h11-12H,3-10H2,1-2H3,(H,16,20)(H,18,19). The molecule has 120 valence electrons. The monoisotopic (exact) mass is 298 g/mol. The zero-order valence-corrected chi connectivity index (χ0v) is 12.9. The molecule has 2 rings (SSSR count). The van der Waals surface area contributed by atoms with Crippen LogP contribution in [-0.2, 0) is 9.53 Å². The molecular weight excluding hydrogens is 272 g/mol. The van der Waals surface area contributed by atoms with Crippen molar-refractivity contribution >= 4 is 12.0 Å². The number of morpholine rings is 1. The summed E-state index contributed by atoms with van der Waals surface area (Å²) >= 11 is 0. The quantitative estimate of drug-likeness (QED) is 0.831. The summed E-state index contributed by atoms with van der Waals surface area (Å²) in [5.41, 5.74) is -0.794. The number of carboxylic acids is 1. The van der Waals surface area contributed by atoms with Gasteiger partial charge in [-0.2, -0.15) is 0 Å². The highest BCUT2D eigenvalue weighted by Crippen LogP contribution is 2.38. The number of carbonyl (C=O) groups excluding carboxylic acids is 1. The Morgan fingerprint density at radius 3 is 2.57 bits per heavy atom. The van der Waals surface area contributed by atoms with Crippen LogP contribution < -0.4 is 5.32 Å². The number of carbonyl (C=O) groups is 2. The van der Waals surface area contributed by atoms with E-state index in [2.05, 4.69) is 12.2 Å². The Labute approximate surface area is 125 Å². The summed E-state index contributed by atoms with van der Waals surface area (Å²) in [7, 11) is 0. The number of nitrogens with zero attached hydrogens (tertiary/aromatic N) is 1. The van der Waals surface area contributed by atoms with Gasteiger partial charge < -0.3 is 20.1 Å². The highest BCUT2D eigenvalue weighted by molar-refractivity contribution is 5.78. The van der Waals surface area contributed by atoms with Gasteiger partial charge in [-0.05, 0) is 38.5 Å². The van der Waals surface area contributed by atoms with Crippen molar-refractivity contribution in [3.8, 4) is 0 Å². The van der Waals surface area contributed by atoms with Gasteiger partial charge in [-0.25, -0.2) is 4.79 Å². The number of carboxylic acid groups (broad SMARTS) is 1. The SMILES string of the molecule is CC1CCC(CNC(=O)N2CCOCC2C)(C(=O)O)CC1. The van der Waals surface area contributed by atoms with E-state index in [-0.39, 0.29) is 18.6 Å². The Balaban J connectivity index is 1.92. The van der Waals surface area contributed by atoms with E-state index in [1.54, 1.807) is 4.90 Å². The summed E-state index contributed by atoms with van der Waals surface area (Å²) in [6.07, 6.45) is 3.11. The molecule has 0 bridgehead atoms. The minimum absolute atomic E-state index is 0.0332. The highest BCUT2D eigenvalue weighted by atomic mass is 16.5. The van der Waals surface area contributed by atoms with Crippen LogP contribution in [0.5, 0.6) is 0 Å². The Morgan fingerprint density at radius 2 is 2.00 bits per heavy atom. The molecule has 1 heterocycles. The summed E-state index contributed by atoms with van der Waals surface area (Å²) in [5.74, 6) is -0.211. The lowest BCUT2D eigenvalue weighted by molar-refractivity contribution is -0.151. The van der Waals surface area contributed by atoms with E-state index in [1.165, 1.54) is 0 Å². The van der Waals surface area contributed by atoms with Crippen molar-refractivity contribution in [1.82, 2.24) is 10.2 Å². The minimum atomic E-state index is -0.794. The van der Waals surface area contributed by atoms with Gasteiger partial charge in [-0.15, -0.1) is 0 Å². The van der Waals surface area contributed by atoms with Gasteiger partial charge >= 0.3 is 12.0 Å². The second kappa shape index (κ2) is 6.64. The molecule has 2 N–H and O–H groups in total. The molecule has 0 aromatic rings. The van der Waals surface area contributed by atoms with Crippen molar-refractivity contribution in [1.29, 1.82) is 0 Å². The van der Waals surface area contributed by atoms with Crippen molar-refractivity contribution in [2.45, 2.75) is 45.6 Å². The van der Waals surface area contributed by atoms with Crippen LogP contribution in [0.4, 0.5) is 4.79 Å². The lowest BCUT2D eigenvalue weighted by Gasteiger charge is -2.38. The number of rotatable bonds is 3. The number of urea groups is 1. The third kappa shape index (κ3) is 3.67. The van der Waals surface area contributed by atoms with Crippen molar-refractivity contribution in [3.63, 3.8) is 0 Å².